The lowest BCUT2D eigenvalue weighted by Gasteiger charge is -2.32. The van der Waals surface area contributed by atoms with Crippen LogP contribution in [0.2, 0.25) is 10.0 Å². The third kappa shape index (κ3) is 4.85. The van der Waals surface area contributed by atoms with E-state index >= 15 is 0 Å². The van der Waals surface area contributed by atoms with Gasteiger partial charge in [0, 0.05) is 16.7 Å². The number of carbonyl (C=O) groups is 1. The highest BCUT2D eigenvalue weighted by Crippen LogP contribution is 2.36. The van der Waals surface area contributed by atoms with E-state index in [-0.39, 0.29) is 18.9 Å². The van der Waals surface area contributed by atoms with E-state index in [9.17, 15) is 9.90 Å². The lowest BCUT2D eigenvalue weighted by atomic mass is 9.71. The van der Waals surface area contributed by atoms with Crippen LogP contribution in [0.3, 0.4) is 0 Å². The smallest absolute Gasteiger partial charge is 0.255 e. The molecule has 0 radical (unpaired) electrons. The molecule has 0 aliphatic heterocycles. The summed E-state index contributed by atoms with van der Waals surface area (Å²) in [5.41, 5.74) is 3.76. The van der Waals surface area contributed by atoms with E-state index in [2.05, 4.69) is 10.5 Å². The summed E-state index contributed by atoms with van der Waals surface area (Å²) in [6.07, 6.45) is 1.70. The highest BCUT2D eigenvalue weighted by Gasteiger charge is 2.41. The van der Waals surface area contributed by atoms with Crippen LogP contribution in [0.1, 0.15) is 23.1 Å². The SMILES string of the molecule is O=C(N/N=C/c1cc(Cl)cc(Cl)c1)C(CCO)(c1ccccc1)c1ccccc1. The van der Waals surface area contributed by atoms with Gasteiger partial charge >= 0.3 is 0 Å². The Morgan fingerprint density at radius 1 is 0.931 bits per heavy atom. The van der Waals surface area contributed by atoms with Crippen LogP contribution in [0, 0.1) is 0 Å². The van der Waals surface area contributed by atoms with Crippen LogP contribution in [0.15, 0.2) is 84.0 Å². The second kappa shape index (κ2) is 9.70. The molecular formula is C23H20Cl2N2O2. The molecule has 3 aromatic rings. The van der Waals surface area contributed by atoms with Crippen LogP contribution in [-0.4, -0.2) is 23.8 Å². The molecule has 0 saturated carbocycles. The summed E-state index contributed by atoms with van der Waals surface area (Å²) in [5, 5.41) is 14.8. The Hall–Kier alpha value is -2.66. The van der Waals surface area contributed by atoms with Crippen molar-refractivity contribution in [2.24, 2.45) is 5.10 Å². The summed E-state index contributed by atoms with van der Waals surface area (Å²) in [6, 6.07) is 23.8. The number of halogens is 2. The van der Waals surface area contributed by atoms with Crippen LogP contribution in [0.25, 0.3) is 0 Å². The predicted molar refractivity (Wildman–Crippen MR) is 118 cm³/mol. The van der Waals surface area contributed by atoms with Gasteiger partial charge in [-0.3, -0.25) is 4.79 Å². The van der Waals surface area contributed by atoms with Gasteiger partial charge in [-0.2, -0.15) is 5.10 Å². The van der Waals surface area contributed by atoms with E-state index in [0.29, 0.717) is 15.6 Å². The van der Waals surface area contributed by atoms with Crippen molar-refractivity contribution in [3.8, 4) is 0 Å². The fourth-order valence-corrected chi connectivity index (χ4v) is 3.90. The second-order valence-electron chi connectivity index (χ2n) is 6.51. The second-order valence-corrected chi connectivity index (χ2v) is 7.39. The Morgan fingerprint density at radius 2 is 1.45 bits per heavy atom. The highest BCUT2D eigenvalue weighted by atomic mass is 35.5. The zero-order valence-electron chi connectivity index (χ0n) is 15.6. The van der Waals surface area contributed by atoms with Crippen LogP contribution < -0.4 is 5.43 Å². The minimum absolute atomic E-state index is 0.162. The number of carbonyl (C=O) groups excluding carboxylic acids is 1. The van der Waals surface area contributed by atoms with E-state index in [1.165, 1.54) is 6.21 Å². The van der Waals surface area contributed by atoms with E-state index in [1.807, 2.05) is 60.7 Å². The third-order valence-corrected chi connectivity index (χ3v) is 5.11. The maximum Gasteiger partial charge on any atom is 0.255 e. The maximum atomic E-state index is 13.4. The first kappa shape index (κ1) is 21.1. The molecule has 148 valence electrons. The van der Waals surface area contributed by atoms with E-state index in [1.54, 1.807) is 18.2 Å². The first-order valence-corrected chi connectivity index (χ1v) is 9.83. The van der Waals surface area contributed by atoms with Crippen molar-refractivity contribution in [2.75, 3.05) is 6.61 Å². The number of nitrogens with zero attached hydrogens (tertiary/aromatic N) is 1. The molecule has 3 aromatic carbocycles. The third-order valence-electron chi connectivity index (χ3n) is 4.67. The normalized spacial score (nSPS) is 11.6. The number of benzene rings is 3. The number of hydrogen-bond donors (Lipinski definition) is 2. The van der Waals surface area contributed by atoms with Crippen molar-refractivity contribution in [1.29, 1.82) is 0 Å². The Balaban J connectivity index is 1.97. The Labute approximate surface area is 179 Å². The number of nitrogens with one attached hydrogen (secondary N) is 1. The van der Waals surface area contributed by atoms with Crippen LogP contribution in [0.4, 0.5) is 0 Å². The molecule has 0 aromatic heterocycles. The molecule has 1 amide bonds. The molecule has 0 fully saturated rings. The Bertz CT molecular complexity index is 933. The molecule has 0 aliphatic carbocycles. The van der Waals surface area contributed by atoms with Crippen LogP contribution in [-0.2, 0) is 10.2 Å². The number of amides is 1. The van der Waals surface area contributed by atoms with Gasteiger partial charge in [-0.05, 0) is 41.3 Å². The van der Waals surface area contributed by atoms with Crippen molar-refractivity contribution in [3.05, 3.63) is 106 Å². The molecule has 2 N–H and O–H groups in total. The average Bonchev–Trinajstić information content (AvgIpc) is 2.72. The summed E-state index contributed by atoms with van der Waals surface area (Å²) in [4.78, 5) is 13.4. The average molecular weight is 427 g/mol. The molecule has 6 heteroatoms. The molecule has 0 atom stereocenters. The molecule has 0 heterocycles. The van der Waals surface area contributed by atoms with Gasteiger partial charge in [0.25, 0.3) is 5.91 Å². The molecule has 0 aliphatic rings. The number of hydrogen-bond acceptors (Lipinski definition) is 3. The van der Waals surface area contributed by atoms with E-state index in [0.717, 1.165) is 11.1 Å². The maximum absolute atomic E-state index is 13.4. The van der Waals surface area contributed by atoms with Gasteiger partial charge in [-0.1, -0.05) is 83.9 Å². The lowest BCUT2D eigenvalue weighted by molar-refractivity contribution is -0.125. The predicted octanol–water partition coefficient (Wildman–Crippen LogP) is 4.81. The fourth-order valence-electron chi connectivity index (χ4n) is 3.35. The lowest BCUT2D eigenvalue weighted by Crippen LogP contribution is -2.44. The van der Waals surface area contributed by atoms with Gasteiger partial charge in [0.2, 0.25) is 0 Å². The molecule has 0 spiro atoms. The molecule has 3 rings (SSSR count). The largest absolute Gasteiger partial charge is 0.396 e. The Kier molecular flexibility index (Phi) is 7.04. The Morgan fingerprint density at radius 3 is 1.93 bits per heavy atom. The van der Waals surface area contributed by atoms with Gasteiger partial charge < -0.3 is 5.11 Å². The van der Waals surface area contributed by atoms with Gasteiger partial charge in [-0.15, -0.1) is 0 Å². The van der Waals surface area contributed by atoms with E-state index in [4.69, 9.17) is 23.2 Å². The monoisotopic (exact) mass is 426 g/mol. The first-order valence-electron chi connectivity index (χ1n) is 9.08. The molecule has 4 nitrogen and oxygen atoms in total. The molecule has 0 unspecified atom stereocenters. The number of rotatable bonds is 7. The molecule has 0 bridgehead atoms. The number of hydrazone groups is 1. The first-order chi connectivity index (χ1) is 14.1. The number of aliphatic hydroxyl groups excluding tert-OH is 1. The highest BCUT2D eigenvalue weighted by molar-refractivity contribution is 6.35. The molecule has 29 heavy (non-hydrogen) atoms. The van der Waals surface area contributed by atoms with Crippen molar-refractivity contribution >= 4 is 35.3 Å². The zero-order chi connectivity index (χ0) is 20.7. The fraction of sp³-hybridized carbons (Fsp3) is 0.130. The van der Waals surface area contributed by atoms with Gasteiger partial charge in [0.15, 0.2) is 0 Å². The summed E-state index contributed by atoms with van der Waals surface area (Å²) in [5.74, 6) is -0.340. The van der Waals surface area contributed by atoms with Gasteiger partial charge in [0.1, 0.15) is 5.41 Å². The minimum Gasteiger partial charge on any atom is -0.396 e. The van der Waals surface area contributed by atoms with Crippen molar-refractivity contribution < 1.29 is 9.90 Å². The van der Waals surface area contributed by atoms with Crippen molar-refractivity contribution in [3.63, 3.8) is 0 Å². The summed E-state index contributed by atoms with van der Waals surface area (Å²) in [6.45, 7) is -0.162. The van der Waals surface area contributed by atoms with E-state index < -0.39 is 5.41 Å². The standard InChI is InChI=1S/C23H20Cl2N2O2/c24-20-13-17(14-21(25)15-20)16-26-27-22(29)23(11-12-28,18-7-3-1-4-8-18)19-9-5-2-6-10-19/h1-10,13-16,28H,11-12H2,(H,27,29)/b26-16+. The summed E-state index contributed by atoms with van der Waals surface area (Å²) in [7, 11) is 0. The number of aliphatic hydroxyl groups is 1. The molecular weight excluding hydrogens is 407 g/mol. The van der Waals surface area contributed by atoms with Crippen molar-refractivity contribution in [2.45, 2.75) is 11.8 Å². The minimum atomic E-state index is -1.08. The van der Waals surface area contributed by atoms with Crippen LogP contribution in [0.5, 0.6) is 0 Å². The van der Waals surface area contributed by atoms with Crippen LogP contribution >= 0.6 is 23.2 Å². The molecule has 0 saturated heterocycles. The zero-order valence-corrected chi connectivity index (χ0v) is 17.1. The quantitative estimate of drug-likeness (QED) is 0.420. The van der Waals surface area contributed by atoms with Gasteiger partial charge in [0.05, 0.1) is 6.21 Å². The topological polar surface area (TPSA) is 61.7 Å². The summed E-state index contributed by atoms with van der Waals surface area (Å²) < 4.78 is 0. The summed E-state index contributed by atoms with van der Waals surface area (Å²) >= 11 is 12.0. The van der Waals surface area contributed by atoms with Gasteiger partial charge in [-0.25, -0.2) is 5.43 Å². The van der Waals surface area contributed by atoms with Crippen molar-refractivity contribution in [1.82, 2.24) is 5.43 Å².